The molecule has 0 aliphatic carbocycles. The van der Waals surface area contributed by atoms with Crippen molar-refractivity contribution in [1.29, 1.82) is 5.26 Å². The van der Waals surface area contributed by atoms with Crippen LogP contribution in [0.5, 0.6) is 5.75 Å². The molecule has 0 amide bonds. The summed E-state index contributed by atoms with van der Waals surface area (Å²) in [5.74, 6) is 5.66. The Bertz CT molecular complexity index is 738. The van der Waals surface area contributed by atoms with Gasteiger partial charge in [0.15, 0.2) is 0 Å². The maximum atomic E-state index is 13.5. The van der Waals surface area contributed by atoms with E-state index in [2.05, 4.69) is 11.8 Å². The molecule has 0 heterocycles. The Morgan fingerprint density at radius 2 is 2.00 bits per heavy atom. The Morgan fingerprint density at radius 3 is 2.76 bits per heavy atom. The van der Waals surface area contributed by atoms with Gasteiger partial charge < -0.3 is 10.5 Å². The predicted octanol–water partition coefficient (Wildman–Crippen LogP) is 2.59. The highest BCUT2D eigenvalue weighted by Gasteiger charge is 2.02. The molecule has 21 heavy (non-hydrogen) atoms. The standard InChI is InChI=1S/C17H13FN2O/c18-16-8-13(4-2-6-19)7-15(9-16)12-21-17-5-1-3-14(10-17)11-20/h1,3,5,7-10H,6,12,19H2. The van der Waals surface area contributed by atoms with E-state index in [0.717, 1.165) is 0 Å². The molecule has 0 atom stereocenters. The molecule has 0 radical (unpaired) electrons. The van der Waals surface area contributed by atoms with Crippen LogP contribution in [0.4, 0.5) is 4.39 Å². The Balaban J connectivity index is 2.12. The molecule has 2 rings (SSSR count). The van der Waals surface area contributed by atoms with E-state index in [9.17, 15) is 4.39 Å². The van der Waals surface area contributed by atoms with Crippen molar-refractivity contribution in [2.75, 3.05) is 6.54 Å². The fourth-order valence-electron chi connectivity index (χ4n) is 1.78. The highest BCUT2D eigenvalue weighted by Crippen LogP contribution is 2.16. The predicted molar refractivity (Wildman–Crippen MR) is 77.8 cm³/mol. The average molecular weight is 280 g/mol. The van der Waals surface area contributed by atoms with Gasteiger partial charge in [-0.2, -0.15) is 5.26 Å². The smallest absolute Gasteiger partial charge is 0.124 e. The van der Waals surface area contributed by atoms with Gasteiger partial charge in [-0.25, -0.2) is 4.39 Å². The Morgan fingerprint density at radius 1 is 1.14 bits per heavy atom. The van der Waals surface area contributed by atoms with Crippen molar-refractivity contribution in [2.45, 2.75) is 6.61 Å². The Kier molecular flexibility index (Phi) is 4.93. The highest BCUT2D eigenvalue weighted by atomic mass is 19.1. The summed E-state index contributed by atoms with van der Waals surface area (Å²) >= 11 is 0. The van der Waals surface area contributed by atoms with Gasteiger partial charge in [0, 0.05) is 5.56 Å². The van der Waals surface area contributed by atoms with Crippen LogP contribution < -0.4 is 10.5 Å². The quantitative estimate of drug-likeness (QED) is 0.879. The van der Waals surface area contributed by atoms with Crippen molar-refractivity contribution in [3.63, 3.8) is 0 Å². The first kappa shape index (κ1) is 14.6. The van der Waals surface area contributed by atoms with Crippen LogP contribution in [0.1, 0.15) is 16.7 Å². The molecule has 0 bridgehead atoms. The molecule has 0 aromatic heterocycles. The van der Waals surface area contributed by atoms with E-state index < -0.39 is 0 Å². The second-order valence-corrected chi connectivity index (χ2v) is 4.28. The largest absolute Gasteiger partial charge is 0.489 e. The topological polar surface area (TPSA) is 59.0 Å². The fraction of sp³-hybridized carbons (Fsp3) is 0.118. The minimum Gasteiger partial charge on any atom is -0.489 e. The van der Waals surface area contributed by atoms with Crippen molar-refractivity contribution in [2.24, 2.45) is 5.73 Å². The van der Waals surface area contributed by atoms with Crippen LogP contribution in [0.15, 0.2) is 42.5 Å². The molecule has 0 spiro atoms. The third-order valence-electron chi connectivity index (χ3n) is 2.66. The van der Waals surface area contributed by atoms with Crippen molar-refractivity contribution in [1.82, 2.24) is 0 Å². The van der Waals surface area contributed by atoms with E-state index in [-0.39, 0.29) is 19.0 Å². The minimum absolute atomic E-state index is 0.198. The number of halogens is 1. The lowest BCUT2D eigenvalue weighted by molar-refractivity contribution is 0.305. The summed E-state index contributed by atoms with van der Waals surface area (Å²) in [7, 11) is 0. The molecule has 0 unspecified atom stereocenters. The van der Waals surface area contributed by atoms with E-state index in [0.29, 0.717) is 22.4 Å². The number of nitrogens with two attached hydrogens (primary N) is 1. The summed E-state index contributed by atoms with van der Waals surface area (Å²) in [4.78, 5) is 0. The van der Waals surface area contributed by atoms with Gasteiger partial charge in [-0.15, -0.1) is 0 Å². The van der Waals surface area contributed by atoms with Gasteiger partial charge in [-0.3, -0.25) is 0 Å². The fourth-order valence-corrected chi connectivity index (χ4v) is 1.78. The molecule has 2 aromatic rings. The molecular formula is C17H13FN2O. The molecule has 104 valence electrons. The van der Waals surface area contributed by atoms with Crippen LogP contribution in [0.2, 0.25) is 0 Å². The van der Waals surface area contributed by atoms with E-state index in [1.165, 1.54) is 12.1 Å². The van der Waals surface area contributed by atoms with Gasteiger partial charge >= 0.3 is 0 Å². The first-order chi connectivity index (χ1) is 10.2. The lowest BCUT2D eigenvalue weighted by atomic mass is 10.1. The Labute approximate surface area is 122 Å². The lowest BCUT2D eigenvalue weighted by Crippen LogP contribution is -1.98. The molecular weight excluding hydrogens is 267 g/mol. The number of nitrogens with zero attached hydrogens (tertiary/aromatic N) is 1. The van der Waals surface area contributed by atoms with Crippen LogP contribution >= 0.6 is 0 Å². The summed E-state index contributed by atoms with van der Waals surface area (Å²) in [5.41, 5.74) is 7.04. The summed E-state index contributed by atoms with van der Waals surface area (Å²) in [6, 6.07) is 13.3. The SMILES string of the molecule is N#Cc1cccc(OCc2cc(F)cc(C#CCN)c2)c1. The van der Waals surface area contributed by atoms with E-state index in [1.54, 1.807) is 30.3 Å². The zero-order valence-corrected chi connectivity index (χ0v) is 11.3. The molecule has 0 saturated carbocycles. The molecule has 2 N–H and O–H groups in total. The van der Waals surface area contributed by atoms with Gasteiger partial charge in [-0.05, 0) is 42.0 Å². The van der Waals surface area contributed by atoms with Crippen molar-refractivity contribution < 1.29 is 9.13 Å². The van der Waals surface area contributed by atoms with Gasteiger partial charge in [0.2, 0.25) is 0 Å². The third kappa shape index (κ3) is 4.35. The Hall–Kier alpha value is -2.82. The summed E-state index contributed by atoms with van der Waals surface area (Å²) in [6.07, 6.45) is 0. The van der Waals surface area contributed by atoms with Gasteiger partial charge in [0.05, 0.1) is 18.2 Å². The molecule has 0 aliphatic heterocycles. The van der Waals surface area contributed by atoms with Crippen molar-refractivity contribution in [3.05, 3.63) is 65.0 Å². The zero-order chi connectivity index (χ0) is 15.1. The molecule has 4 heteroatoms. The number of ether oxygens (including phenoxy) is 1. The number of hydrogen-bond donors (Lipinski definition) is 1. The molecule has 2 aromatic carbocycles. The minimum atomic E-state index is -0.372. The number of nitriles is 1. The maximum Gasteiger partial charge on any atom is 0.124 e. The average Bonchev–Trinajstić information content (AvgIpc) is 2.50. The third-order valence-corrected chi connectivity index (χ3v) is 2.66. The number of hydrogen-bond acceptors (Lipinski definition) is 3. The number of rotatable bonds is 3. The lowest BCUT2D eigenvalue weighted by Gasteiger charge is -2.07. The first-order valence-corrected chi connectivity index (χ1v) is 6.32. The molecule has 3 nitrogen and oxygen atoms in total. The van der Waals surface area contributed by atoms with Crippen LogP contribution in [0, 0.1) is 29.0 Å². The summed E-state index contributed by atoms with van der Waals surface area (Å²) in [6.45, 7) is 0.424. The summed E-state index contributed by atoms with van der Waals surface area (Å²) in [5, 5.41) is 8.82. The van der Waals surface area contributed by atoms with Gasteiger partial charge in [0.25, 0.3) is 0 Å². The van der Waals surface area contributed by atoms with Crippen molar-refractivity contribution >= 4 is 0 Å². The highest BCUT2D eigenvalue weighted by molar-refractivity contribution is 5.39. The monoisotopic (exact) mass is 280 g/mol. The second kappa shape index (κ2) is 7.09. The van der Waals surface area contributed by atoms with Crippen LogP contribution in [-0.2, 0) is 6.61 Å². The van der Waals surface area contributed by atoms with E-state index in [1.807, 2.05) is 6.07 Å². The number of benzene rings is 2. The van der Waals surface area contributed by atoms with Crippen molar-refractivity contribution in [3.8, 4) is 23.7 Å². The second-order valence-electron chi connectivity index (χ2n) is 4.28. The van der Waals surface area contributed by atoms with Gasteiger partial charge in [-0.1, -0.05) is 17.9 Å². The first-order valence-electron chi connectivity index (χ1n) is 6.32. The molecule has 0 saturated heterocycles. The van der Waals surface area contributed by atoms with Crippen LogP contribution in [0.25, 0.3) is 0 Å². The summed E-state index contributed by atoms with van der Waals surface area (Å²) < 4.78 is 19.1. The molecule has 0 aliphatic rings. The molecule has 0 fully saturated rings. The normalized spacial score (nSPS) is 9.38. The van der Waals surface area contributed by atoms with E-state index in [4.69, 9.17) is 15.7 Å². The van der Waals surface area contributed by atoms with Crippen LogP contribution in [-0.4, -0.2) is 6.54 Å². The van der Waals surface area contributed by atoms with Gasteiger partial charge in [0.1, 0.15) is 18.2 Å². The maximum absolute atomic E-state index is 13.5. The van der Waals surface area contributed by atoms with Crippen LogP contribution in [0.3, 0.4) is 0 Å². The van der Waals surface area contributed by atoms with E-state index >= 15 is 0 Å². The zero-order valence-electron chi connectivity index (χ0n) is 11.3.